The highest BCUT2D eigenvalue weighted by molar-refractivity contribution is 14.1. The second-order valence-electron chi connectivity index (χ2n) is 6.44. The Morgan fingerprint density at radius 2 is 1.38 bits per heavy atom. The molecular weight excluding hydrogens is 485 g/mol. The maximum Gasteiger partial charge on any atom is 0.279 e. The van der Waals surface area contributed by atoms with Gasteiger partial charge >= 0.3 is 0 Å². The zero-order valence-corrected chi connectivity index (χ0v) is 19.0. The van der Waals surface area contributed by atoms with Crippen LogP contribution in [-0.4, -0.2) is 45.2 Å². The van der Waals surface area contributed by atoms with E-state index in [1.165, 1.54) is 0 Å². The molecule has 0 radical (unpaired) electrons. The topological polar surface area (TPSA) is 81.1 Å². The van der Waals surface area contributed by atoms with Crippen molar-refractivity contribution >= 4 is 45.8 Å². The number of nitrogens with one attached hydrogen (secondary N) is 3. The van der Waals surface area contributed by atoms with E-state index in [0.29, 0.717) is 30.4 Å². The van der Waals surface area contributed by atoms with Crippen molar-refractivity contribution in [1.29, 1.82) is 0 Å². The summed E-state index contributed by atoms with van der Waals surface area (Å²) in [6.07, 6.45) is 0. The Hall–Kier alpha value is -2.33. The molecule has 0 aliphatic carbocycles. The second-order valence-corrected chi connectivity index (χ2v) is 7.69. The molecule has 3 N–H and O–H groups in total. The maximum atomic E-state index is 12.3. The first-order valence-electron chi connectivity index (χ1n) is 9.47. The second kappa shape index (κ2) is 11.6. The first-order valence-corrected chi connectivity index (χ1v) is 10.5. The van der Waals surface area contributed by atoms with E-state index in [1.54, 1.807) is 25.2 Å². The molecule has 2 amide bonds. The van der Waals surface area contributed by atoms with E-state index in [1.807, 2.05) is 38.1 Å². The van der Waals surface area contributed by atoms with Crippen molar-refractivity contribution in [3.05, 3.63) is 46.0 Å². The Morgan fingerprint density at radius 1 is 0.862 bits per heavy atom. The Balaban J connectivity index is 1.86. The number of carbonyl (C=O) groups excluding carboxylic acids is 2. The molecule has 0 fully saturated rings. The van der Waals surface area contributed by atoms with Crippen molar-refractivity contribution in [3.63, 3.8) is 0 Å². The normalized spacial score (nSPS) is 11.4. The minimum Gasteiger partial charge on any atom is -0.490 e. The van der Waals surface area contributed by atoms with E-state index in [9.17, 15) is 9.59 Å². The number of rotatable bonds is 10. The molecular formula is C21H27IN3O4+. The summed E-state index contributed by atoms with van der Waals surface area (Å²) < 4.78 is 12.2. The van der Waals surface area contributed by atoms with Crippen molar-refractivity contribution < 1.29 is 24.0 Å². The van der Waals surface area contributed by atoms with E-state index in [4.69, 9.17) is 9.47 Å². The van der Waals surface area contributed by atoms with Gasteiger partial charge in [0.2, 0.25) is 0 Å². The monoisotopic (exact) mass is 512 g/mol. The van der Waals surface area contributed by atoms with Gasteiger partial charge in [-0.2, -0.15) is 0 Å². The molecule has 0 aromatic heterocycles. The molecule has 1 atom stereocenters. The van der Waals surface area contributed by atoms with Gasteiger partial charge in [-0.05, 0) is 72.8 Å². The average molecular weight is 512 g/mol. The maximum absolute atomic E-state index is 12.3. The molecule has 8 heteroatoms. The molecule has 2 aromatic rings. The molecule has 1 unspecified atom stereocenters. The summed E-state index contributed by atoms with van der Waals surface area (Å²) in [5, 5.41) is 5.68. The van der Waals surface area contributed by atoms with Gasteiger partial charge in [-0.25, -0.2) is 0 Å². The Labute approximate surface area is 184 Å². The third kappa shape index (κ3) is 7.90. The summed E-state index contributed by atoms with van der Waals surface area (Å²) in [6.45, 7) is 5.17. The fraction of sp³-hybridized carbons (Fsp3) is 0.333. The number of anilines is 2. The van der Waals surface area contributed by atoms with Crippen LogP contribution in [0.25, 0.3) is 0 Å². The number of likely N-dealkylation sites (N-methyl/N-ethyl adjacent to an activating group) is 1. The predicted molar refractivity (Wildman–Crippen MR) is 122 cm³/mol. The molecule has 0 bridgehead atoms. The minimum atomic E-state index is -0.184. The Bertz CT molecular complexity index is 827. The number of hydrogen-bond donors (Lipinski definition) is 3. The van der Waals surface area contributed by atoms with Gasteiger partial charge in [0, 0.05) is 21.0 Å². The molecule has 29 heavy (non-hydrogen) atoms. The summed E-state index contributed by atoms with van der Waals surface area (Å²) in [7, 11) is 1.80. The molecule has 0 aliphatic heterocycles. The molecule has 0 heterocycles. The number of ether oxygens (including phenoxy) is 2. The van der Waals surface area contributed by atoms with Crippen LogP contribution in [-0.2, 0) is 9.59 Å². The summed E-state index contributed by atoms with van der Waals surface area (Å²) in [6, 6.07) is 12.8. The van der Waals surface area contributed by atoms with Gasteiger partial charge in [-0.15, -0.1) is 0 Å². The van der Waals surface area contributed by atoms with Gasteiger partial charge in [-0.1, -0.05) is 0 Å². The van der Waals surface area contributed by atoms with E-state index in [0.717, 1.165) is 14.2 Å². The lowest BCUT2D eigenvalue weighted by Crippen LogP contribution is -3.11. The first-order chi connectivity index (χ1) is 13.9. The van der Waals surface area contributed by atoms with Crippen LogP contribution in [0.5, 0.6) is 11.5 Å². The minimum absolute atomic E-state index is 0.142. The standard InChI is InChI=1S/C21H26IN3O4/c1-4-28-18-11-10-17(12-19(18)29-5-2)24-21(27)14-25(3)13-20(26)23-16-8-6-15(22)7-9-16/h6-12H,4-5,13-14H2,1-3H3,(H,23,26)(H,24,27)/p+1. The lowest BCUT2D eigenvalue weighted by atomic mass is 10.2. The van der Waals surface area contributed by atoms with Crippen LogP contribution in [0.4, 0.5) is 11.4 Å². The van der Waals surface area contributed by atoms with Gasteiger partial charge in [0.15, 0.2) is 24.6 Å². The number of amides is 2. The highest BCUT2D eigenvalue weighted by Gasteiger charge is 2.15. The average Bonchev–Trinajstić information content (AvgIpc) is 2.65. The zero-order chi connectivity index (χ0) is 21.2. The van der Waals surface area contributed by atoms with E-state index >= 15 is 0 Å². The summed E-state index contributed by atoms with van der Waals surface area (Å²) >= 11 is 2.21. The fourth-order valence-electron chi connectivity index (χ4n) is 2.68. The van der Waals surface area contributed by atoms with E-state index in [2.05, 4.69) is 33.2 Å². The van der Waals surface area contributed by atoms with Crippen LogP contribution in [0.1, 0.15) is 13.8 Å². The third-order valence-corrected chi connectivity index (χ3v) is 4.60. The van der Waals surface area contributed by atoms with Crippen LogP contribution in [0, 0.1) is 3.57 Å². The van der Waals surface area contributed by atoms with Crippen molar-refractivity contribution in [3.8, 4) is 11.5 Å². The van der Waals surface area contributed by atoms with Gasteiger partial charge in [0.05, 0.1) is 20.3 Å². The van der Waals surface area contributed by atoms with Crippen molar-refractivity contribution in [1.82, 2.24) is 0 Å². The van der Waals surface area contributed by atoms with E-state index in [-0.39, 0.29) is 24.9 Å². The number of quaternary nitrogens is 1. The Kier molecular flexibility index (Phi) is 9.20. The van der Waals surface area contributed by atoms with Gasteiger partial charge in [0.25, 0.3) is 11.8 Å². The summed E-state index contributed by atoms with van der Waals surface area (Å²) in [4.78, 5) is 25.3. The summed E-state index contributed by atoms with van der Waals surface area (Å²) in [5.41, 5.74) is 1.36. The number of carbonyl (C=O) groups is 2. The van der Waals surface area contributed by atoms with Gasteiger partial charge in [0.1, 0.15) is 0 Å². The largest absolute Gasteiger partial charge is 0.490 e. The first kappa shape index (κ1) is 23.0. The number of hydrogen-bond acceptors (Lipinski definition) is 4. The highest BCUT2D eigenvalue weighted by Crippen LogP contribution is 2.30. The van der Waals surface area contributed by atoms with Crippen molar-refractivity contribution in [2.24, 2.45) is 0 Å². The quantitative estimate of drug-likeness (QED) is 0.427. The molecule has 0 saturated heterocycles. The highest BCUT2D eigenvalue weighted by atomic mass is 127. The molecule has 2 rings (SSSR count). The van der Waals surface area contributed by atoms with Crippen LogP contribution in [0.2, 0.25) is 0 Å². The van der Waals surface area contributed by atoms with Crippen LogP contribution >= 0.6 is 22.6 Å². The molecule has 7 nitrogen and oxygen atoms in total. The van der Waals surface area contributed by atoms with Crippen molar-refractivity contribution in [2.45, 2.75) is 13.8 Å². The van der Waals surface area contributed by atoms with Gasteiger partial charge in [-0.3, -0.25) is 9.59 Å². The predicted octanol–water partition coefficient (Wildman–Crippen LogP) is 2.18. The molecule has 156 valence electrons. The SMILES string of the molecule is CCOc1ccc(NC(=O)C[NH+](C)CC(=O)Nc2ccc(I)cc2)cc1OCC. The lowest BCUT2D eigenvalue weighted by Gasteiger charge is -2.15. The van der Waals surface area contributed by atoms with Gasteiger partial charge < -0.3 is 25.0 Å². The molecule has 0 saturated carbocycles. The molecule has 2 aromatic carbocycles. The lowest BCUT2D eigenvalue weighted by molar-refractivity contribution is -0.862. The van der Waals surface area contributed by atoms with Crippen LogP contribution in [0.15, 0.2) is 42.5 Å². The third-order valence-electron chi connectivity index (χ3n) is 3.88. The number of halogens is 1. The fourth-order valence-corrected chi connectivity index (χ4v) is 3.04. The smallest absolute Gasteiger partial charge is 0.279 e. The van der Waals surface area contributed by atoms with Crippen LogP contribution in [0.3, 0.4) is 0 Å². The van der Waals surface area contributed by atoms with Crippen LogP contribution < -0.4 is 25.0 Å². The Morgan fingerprint density at radius 3 is 1.97 bits per heavy atom. The zero-order valence-electron chi connectivity index (χ0n) is 16.9. The summed E-state index contributed by atoms with van der Waals surface area (Å²) in [5.74, 6) is 0.902. The molecule has 0 spiro atoms. The van der Waals surface area contributed by atoms with E-state index < -0.39 is 0 Å². The number of benzene rings is 2. The van der Waals surface area contributed by atoms with Crippen molar-refractivity contribution in [2.75, 3.05) is 44.0 Å². The molecule has 0 aliphatic rings.